The lowest BCUT2D eigenvalue weighted by molar-refractivity contribution is 0.0879. The van der Waals surface area contributed by atoms with Crippen LogP contribution < -0.4 is 5.73 Å². The van der Waals surface area contributed by atoms with Crippen LogP contribution in [0.25, 0.3) is 0 Å². The molecule has 1 saturated carbocycles. The quantitative estimate of drug-likeness (QED) is 0.778. The molecule has 2 rings (SSSR count). The molecule has 1 aliphatic carbocycles. The van der Waals surface area contributed by atoms with Crippen molar-refractivity contribution in [2.45, 2.75) is 76.3 Å². The molecule has 1 saturated heterocycles. The van der Waals surface area contributed by atoms with Crippen LogP contribution in [0.3, 0.4) is 0 Å². The summed E-state index contributed by atoms with van der Waals surface area (Å²) < 4.78 is 0. The molecule has 0 spiro atoms. The lowest BCUT2D eigenvalue weighted by Crippen LogP contribution is -2.57. The molecule has 1 aliphatic heterocycles. The van der Waals surface area contributed by atoms with E-state index in [0.29, 0.717) is 11.6 Å². The van der Waals surface area contributed by atoms with E-state index in [0.717, 1.165) is 0 Å². The third-order valence-corrected chi connectivity index (χ3v) is 4.76. The van der Waals surface area contributed by atoms with Crippen LogP contribution in [0.1, 0.15) is 64.7 Å². The molecule has 0 aromatic carbocycles. The van der Waals surface area contributed by atoms with E-state index in [4.69, 9.17) is 5.73 Å². The second kappa shape index (κ2) is 5.50. The summed E-state index contributed by atoms with van der Waals surface area (Å²) in [6.07, 6.45) is 12.1. The Morgan fingerprint density at radius 3 is 2.31 bits per heavy atom. The number of likely N-dealkylation sites (tertiary alicyclic amines) is 1. The molecule has 1 unspecified atom stereocenters. The molecule has 0 radical (unpaired) electrons. The first-order valence-corrected chi connectivity index (χ1v) is 7.30. The van der Waals surface area contributed by atoms with Crippen molar-refractivity contribution in [1.82, 2.24) is 4.90 Å². The molecule has 2 N–H and O–H groups in total. The van der Waals surface area contributed by atoms with Crippen molar-refractivity contribution < 1.29 is 0 Å². The van der Waals surface area contributed by atoms with Gasteiger partial charge in [0.15, 0.2) is 0 Å². The Labute approximate surface area is 101 Å². The molecule has 94 valence electrons. The van der Waals surface area contributed by atoms with Crippen molar-refractivity contribution in [3.05, 3.63) is 0 Å². The first-order chi connectivity index (χ1) is 7.79. The summed E-state index contributed by atoms with van der Waals surface area (Å²) in [5.41, 5.74) is 6.93. The van der Waals surface area contributed by atoms with Gasteiger partial charge in [0.1, 0.15) is 0 Å². The zero-order valence-electron chi connectivity index (χ0n) is 10.9. The molecular weight excluding hydrogens is 196 g/mol. The van der Waals surface area contributed by atoms with Crippen LogP contribution in [-0.2, 0) is 0 Å². The molecule has 1 atom stereocenters. The van der Waals surface area contributed by atoms with Crippen LogP contribution in [0, 0.1) is 0 Å². The molecule has 2 heteroatoms. The van der Waals surface area contributed by atoms with Gasteiger partial charge in [0, 0.05) is 11.6 Å². The van der Waals surface area contributed by atoms with Crippen LogP contribution in [0.5, 0.6) is 0 Å². The van der Waals surface area contributed by atoms with E-state index in [1.54, 1.807) is 0 Å². The first kappa shape index (κ1) is 12.4. The summed E-state index contributed by atoms with van der Waals surface area (Å²) in [6, 6.07) is 0.424. The SMILES string of the molecule is CCCCC(N)C1(N2CCCC2)CCCC1. The molecule has 0 bridgehead atoms. The lowest BCUT2D eigenvalue weighted by atomic mass is 9.84. The summed E-state index contributed by atoms with van der Waals surface area (Å²) in [5.74, 6) is 0. The maximum absolute atomic E-state index is 6.54. The minimum atomic E-state index is 0.395. The van der Waals surface area contributed by atoms with Crippen molar-refractivity contribution in [2.24, 2.45) is 5.73 Å². The van der Waals surface area contributed by atoms with E-state index in [9.17, 15) is 0 Å². The molecule has 0 aromatic heterocycles. The third kappa shape index (κ3) is 2.28. The summed E-state index contributed by atoms with van der Waals surface area (Å²) in [4.78, 5) is 2.74. The largest absolute Gasteiger partial charge is 0.326 e. The van der Waals surface area contributed by atoms with Crippen LogP contribution in [0.4, 0.5) is 0 Å². The van der Waals surface area contributed by atoms with Crippen LogP contribution in [0.2, 0.25) is 0 Å². The van der Waals surface area contributed by atoms with Crippen molar-refractivity contribution in [1.29, 1.82) is 0 Å². The minimum absolute atomic E-state index is 0.395. The Bertz CT molecular complexity index is 203. The van der Waals surface area contributed by atoms with Crippen molar-refractivity contribution in [3.8, 4) is 0 Å². The number of nitrogens with two attached hydrogens (primary N) is 1. The van der Waals surface area contributed by atoms with Gasteiger partial charge in [-0.2, -0.15) is 0 Å². The van der Waals surface area contributed by atoms with Gasteiger partial charge in [-0.15, -0.1) is 0 Å². The molecular formula is C14H28N2. The van der Waals surface area contributed by atoms with Gasteiger partial charge >= 0.3 is 0 Å². The van der Waals surface area contributed by atoms with Gasteiger partial charge in [-0.1, -0.05) is 32.6 Å². The Kier molecular flexibility index (Phi) is 4.26. The highest BCUT2D eigenvalue weighted by Crippen LogP contribution is 2.40. The molecule has 1 heterocycles. The van der Waals surface area contributed by atoms with Gasteiger partial charge in [0.05, 0.1) is 0 Å². The van der Waals surface area contributed by atoms with Crippen molar-refractivity contribution in [3.63, 3.8) is 0 Å². The van der Waals surface area contributed by atoms with E-state index in [2.05, 4.69) is 11.8 Å². The van der Waals surface area contributed by atoms with Gasteiger partial charge in [-0.25, -0.2) is 0 Å². The standard InChI is InChI=1S/C14H28N2/c1-2-3-8-13(15)14(9-4-5-10-14)16-11-6-7-12-16/h13H,2-12,15H2,1H3. The third-order valence-electron chi connectivity index (χ3n) is 4.76. The number of rotatable bonds is 5. The maximum atomic E-state index is 6.54. The molecule has 2 fully saturated rings. The molecule has 2 nitrogen and oxygen atoms in total. The fraction of sp³-hybridized carbons (Fsp3) is 1.00. The zero-order chi connectivity index (χ0) is 11.4. The van der Waals surface area contributed by atoms with E-state index < -0.39 is 0 Å². The van der Waals surface area contributed by atoms with Gasteiger partial charge < -0.3 is 5.73 Å². The average molecular weight is 224 g/mol. The Morgan fingerprint density at radius 1 is 1.12 bits per heavy atom. The monoisotopic (exact) mass is 224 g/mol. The highest BCUT2D eigenvalue weighted by molar-refractivity contribution is 5.03. The Hall–Kier alpha value is -0.0800. The Morgan fingerprint density at radius 2 is 1.75 bits per heavy atom. The summed E-state index contributed by atoms with van der Waals surface area (Å²) >= 11 is 0. The van der Waals surface area contributed by atoms with E-state index in [1.807, 2.05) is 0 Å². The first-order valence-electron chi connectivity index (χ1n) is 7.30. The normalized spacial score (nSPS) is 27.4. The fourth-order valence-corrected chi connectivity index (χ4v) is 3.76. The number of hydrogen-bond acceptors (Lipinski definition) is 2. The number of hydrogen-bond donors (Lipinski definition) is 1. The Balaban J connectivity index is 2.01. The summed E-state index contributed by atoms with van der Waals surface area (Å²) in [6.45, 7) is 4.88. The topological polar surface area (TPSA) is 29.3 Å². The molecule has 0 aromatic rings. The van der Waals surface area contributed by atoms with E-state index >= 15 is 0 Å². The predicted octanol–water partition coefficient (Wildman–Crippen LogP) is 2.91. The van der Waals surface area contributed by atoms with E-state index in [-0.39, 0.29) is 0 Å². The van der Waals surface area contributed by atoms with Crippen LogP contribution in [0.15, 0.2) is 0 Å². The van der Waals surface area contributed by atoms with E-state index in [1.165, 1.54) is 70.9 Å². The zero-order valence-corrected chi connectivity index (χ0v) is 10.9. The number of nitrogens with zero attached hydrogens (tertiary/aromatic N) is 1. The van der Waals surface area contributed by atoms with Gasteiger partial charge in [0.25, 0.3) is 0 Å². The smallest absolute Gasteiger partial charge is 0.0360 e. The molecule has 16 heavy (non-hydrogen) atoms. The second-order valence-corrected chi connectivity index (χ2v) is 5.75. The highest BCUT2D eigenvalue weighted by Gasteiger charge is 2.44. The second-order valence-electron chi connectivity index (χ2n) is 5.75. The van der Waals surface area contributed by atoms with Crippen molar-refractivity contribution >= 4 is 0 Å². The minimum Gasteiger partial charge on any atom is -0.326 e. The molecule has 0 amide bonds. The number of unbranched alkanes of at least 4 members (excludes halogenated alkanes) is 1. The van der Waals surface area contributed by atoms with Gasteiger partial charge in [-0.3, -0.25) is 4.90 Å². The fourth-order valence-electron chi connectivity index (χ4n) is 3.76. The lowest BCUT2D eigenvalue weighted by Gasteiger charge is -2.43. The van der Waals surface area contributed by atoms with Gasteiger partial charge in [0.2, 0.25) is 0 Å². The summed E-state index contributed by atoms with van der Waals surface area (Å²) in [5, 5.41) is 0. The van der Waals surface area contributed by atoms with Crippen molar-refractivity contribution in [2.75, 3.05) is 13.1 Å². The highest BCUT2D eigenvalue weighted by atomic mass is 15.2. The van der Waals surface area contributed by atoms with Crippen LogP contribution >= 0.6 is 0 Å². The van der Waals surface area contributed by atoms with Gasteiger partial charge in [-0.05, 0) is 45.2 Å². The molecule has 2 aliphatic rings. The van der Waals surface area contributed by atoms with Crippen LogP contribution in [-0.4, -0.2) is 29.6 Å². The predicted molar refractivity (Wildman–Crippen MR) is 69.5 cm³/mol. The summed E-state index contributed by atoms with van der Waals surface area (Å²) in [7, 11) is 0. The average Bonchev–Trinajstić information content (AvgIpc) is 2.95. The maximum Gasteiger partial charge on any atom is 0.0360 e.